The number of aliphatic carboxylic acids is 1. The summed E-state index contributed by atoms with van der Waals surface area (Å²) in [5.74, 6) is -2.02. The van der Waals surface area contributed by atoms with Crippen molar-refractivity contribution in [3.05, 3.63) is 42.2 Å². The third-order valence-corrected chi connectivity index (χ3v) is 4.55. The number of aromatic nitrogens is 1. The van der Waals surface area contributed by atoms with Crippen LogP contribution in [0.15, 0.2) is 36.7 Å². The lowest BCUT2D eigenvalue weighted by molar-refractivity contribution is -0.153. The Morgan fingerprint density at radius 1 is 1.14 bits per heavy atom. The van der Waals surface area contributed by atoms with Gasteiger partial charge in [0, 0.05) is 18.9 Å². The number of nitrogens with one attached hydrogen (secondary N) is 1. The summed E-state index contributed by atoms with van der Waals surface area (Å²) in [6.07, 6.45) is 9.11. The van der Waals surface area contributed by atoms with Crippen molar-refractivity contribution in [3.63, 3.8) is 0 Å². The highest BCUT2D eigenvalue weighted by Crippen LogP contribution is 2.45. The highest BCUT2D eigenvalue weighted by Gasteiger charge is 2.47. The second kappa shape index (κ2) is 5.68. The summed E-state index contributed by atoms with van der Waals surface area (Å²) in [7, 11) is 0. The molecule has 3 aliphatic carbocycles. The Balaban J connectivity index is 1.71. The maximum absolute atomic E-state index is 12.5. The van der Waals surface area contributed by atoms with E-state index >= 15 is 0 Å². The van der Waals surface area contributed by atoms with Crippen molar-refractivity contribution < 1.29 is 14.7 Å². The number of carboxylic acids is 1. The number of pyridine rings is 1. The fourth-order valence-corrected chi connectivity index (χ4v) is 3.50. The number of rotatable bonds is 4. The molecule has 5 heteroatoms. The first-order valence-electron chi connectivity index (χ1n) is 7.24. The van der Waals surface area contributed by atoms with Crippen molar-refractivity contribution in [1.82, 2.24) is 10.3 Å². The minimum atomic E-state index is -0.863. The smallest absolute Gasteiger partial charge is 0.307 e. The van der Waals surface area contributed by atoms with Crippen molar-refractivity contribution >= 4 is 11.9 Å². The molecule has 21 heavy (non-hydrogen) atoms. The quantitative estimate of drug-likeness (QED) is 0.824. The second-order valence-electron chi connectivity index (χ2n) is 5.75. The van der Waals surface area contributed by atoms with Crippen LogP contribution in [0.1, 0.15) is 18.4 Å². The maximum Gasteiger partial charge on any atom is 0.307 e. The van der Waals surface area contributed by atoms with Crippen LogP contribution in [0.3, 0.4) is 0 Å². The SMILES string of the molecule is O=C(NCc1ccncc1)[C@@H]1[C@H](C(=O)O)[C@@H]2C=C[C@H]1CC2. The number of amides is 1. The molecule has 1 fully saturated rings. The summed E-state index contributed by atoms with van der Waals surface area (Å²) in [6.45, 7) is 0.408. The first-order valence-corrected chi connectivity index (χ1v) is 7.24. The van der Waals surface area contributed by atoms with Crippen LogP contribution in [-0.2, 0) is 16.1 Å². The Kier molecular flexibility index (Phi) is 3.73. The van der Waals surface area contributed by atoms with Crippen LogP contribution in [0.2, 0.25) is 0 Å². The molecule has 0 saturated heterocycles. The third-order valence-electron chi connectivity index (χ3n) is 4.55. The molecule has 1 heterocycles. The zero-order valence-electron chi connectivity index (χ0n) is 11.6. The van der Waals surface area contributed by atoms with Gasteiger partial charge in [0.05, 0.1) is 11.8 Å². The monoisotopic (exact) mass is 286 g/mol. The predicted octanol–water partition coefficient (Wildman–Crippen LogP) is 1.61. The minimum absolute atomic E-state index is 0.0100. The van der Waals surface area contributed by atoms with Gasteiger partial charge in [-0.25, -0.2) is 0 Å². The third kappa shape index (κ3) is 2.68. The number of carbonyl (C=O) groups is 2. The molecule has 0 unspecified atom stereocenters. The molecule has 2 N–H and O–H groups in total. The van der Waals surface area contributed by atoms with Crippen LogP contribution in [0.25, 0.3) is 0 Å². The van der Waals surface area contributed by atoms with E-state index in [1.165, 1.54) is 0 Å². The Hall–Kier alpha value is -2.17. The summed E-state index contributed by atoms with van der Waals surface area (Å²) in [5, 5.41) is 12.3. The standard InChI is InChI=1S/C16H18N2O3/c19-15(18-9-10-5-7-17-8-6-10)13-11-1-3-12(4-2-11)14(13)16(20)21/h1,3,5-8,11-14H,2,4,9H2,(H,18,19)(H,20,21)/t11-,12+,13-,14+/m0/s1. The van der Waals surface area contributed by atoms with E-state index in [-0.39, 0.29) is 17.7 Å². The van der Waals surface area contributed by atoms with Crippen molar-refractivity contribution in [3.8, 4) is 0 Å². The molecule has 0 aromatic carbocycles. The van der Waals surface area contributed by atoms with Gasteiger partial charge in [0.2, 0.25) is 5.91 Å². The Labute approximate surface area is 123 Å². The lowest BCUT2D eigenvalue weighted by atomic mass is 9.62. The van der Waals surface area contributed by atoms with Crippen molar-refractivity contribution in [2.45, 2.75) is 19.4 Å². The van der Waals surface area contributed by atoms with Gasteiger partial charge >= 0.3 is 5.97 Å². The van der Waals surface area contributed by atoms with Crippen LogP contribution < -0.4 is 5.32 Å². The molecule has 110 valence electrons. The summed E-state index contributed by atoms with van der Waals surface area (Å²) in [6, 6.07) is 3.67. The first kappa shape index (κ1) is 13.8. The van der Waals surface area contributed by atoms with Gasteiger partial charge in [0.25, 0.3) is 0 Å². The predicted molar refractivity (Wildman–Crippen MR) is 76.1 cm³/mol. The molecule has 4 rings (SSSR count). The van der Waals surface area contributed by atoms with Crippen molar-refractivity contribution in [2.75, 3.05) is 0 Å². The van der Waals surface area contributed by atoms with E-state index in [1.54, 1.807) is 12.4 Å². The molecule has 0 aliphatic heterocycles. The number of nitrogens with zero attached hydrogens (tertiary/aromatic N) is 1. The van der Waals surface area contributed by atoms with E-state index in [9.17, 15) is 14.7 Å². The first-order chi connectivity index (χ1) is 10.2. The lowest BCUT2D eigenvalue weighted by Gasteiger charge is -2.41. The topological polar surface area (TPSA) is 79.3 Å². The number of allylic oxidation sites excluding steroid dienone is 2. The highest BCUT2D eigenvalue weighted by atomic mass is 16.4. The van der Waals surface area contributed by atoms with Gasteiger partial charge < -0.3 is 10.4 Å². The van der Waals surface area contributed by atoms with Crippen LogP contribution in [0.4, 0.5) is 0 Å². The van der Waals surface area contributed by atoms with E-state index in [1.807, 2.05) is 24.3 Å². The molecule has 3 aliphatic rings. The highest BCUT2D eigenvalue weighted by molar-refractivity contribution is 5.86. The molecule has 2 bridgehead atoms. The summed E-state index contributed by atoms with van der Waals surface area (Å²) < 4.78 is 0. The molecule has 0 spiro atoms. The number of carboxylic acid groups (broad SMARTS) is 1. The van der Waals surface area contributed by atoms with Gasteiger partial charge in [-0.3, -0.25) is 14.6 Å². The summed E-state index contributed by atoms with van der Waals surface area (Å²) in [5.41, 5.74) is 0.960. The normalized spacial score (nSPS) is 30.1. The fourth-order valence-electron chi connectivity index (χ4n) is 3.50. The number of fused-ring (bicyclic) bond motifs is 2. The van der Waals surface area contributed by atoms with E-state index in [2.05, 4.69) is 10.3 Å². The van der Waals surface area contributed by atoms with E-state index in [4.69, 9.17) is 0 Å². The summed E-state index contributed by atoms with van der Waals surface area (Å²) in [4.78, 5) is 27.9. The fraction of sp³-hybridized carbons (Fsp3) is 0.438. The number of carbonyl (C=O) groups excluding carboxylic acids is 1. The minimum Gasteiger partial charge on any atom is -0.481 e. The zero-order chi connectivity index (χ0) is 14.8. The molecule has 0 radical (unpaired) electrons. The van der Waals surface area contributed by atoms with Crippen LogP contribution >= 0.6 is 0 Å². The van der Waals surface area contributed by atoms with Crippen molar-refractivity contribution in [1.29, 1.82) is 0 Å². The van der Waals surface area contributed by atoms with Gasteiger partial charge in [0.1, 0.15) is 0 Å². The summed E-state index contributed by atoms with van der Waals surface area (Å²) >= 11 is 0. The Bertz CT molecular complexity index is 570. The van der Waals surface area contributed by atoms with E-state index in [0.29, 0.717) is 6.54 Å². The van der Waals surface area contributed by atoms with Crippen LogP contribution in [0.5, 0.6) is 0 Å². The van der Waals surface area contributed by atoms with Gasteiger partial charge in [-0.15, -0.1) is 0 Å². The zero-order valence-corrected chi connectivity index (χ0v) is 11.6. The molecule has 1 amide bonds. The average Bonchev–Trinajstić information content (AvgIpc) is 2.53. The second-order valence-corrected chi connectivity index (χ2v) is 5.75. The van der Waals surface area contributed by atoms with Gasteiger partial charge in [-0.1, -0.05) is 12.2 Å². The largest absolute Gasteiger partial charge is 0.481 e. The lowest BCUT2D eigenvalue weighted by Crippen LogP contribution is -2.48. The van der Waals surface area contributed by atoms with Gasteiger partial charge in [-0.2, -0.15) is 0 Å². The molecule has 1 aromatic rings. The molecule has 1 aromatic heterocycles. The number of hydrogen-bond donors (Lipinski definition) is 2. The Morgan fingerprint density at radius 2 is 1.76 bits per heavy atom. The molecule has 4 atom stereocenters. The molecule has 5 nitrogen and oxygen atoms in total. The van der Waals surface area contributed by atoms with Crippen molar-refractivity contribution in [2.24, 2.45) is 23.7 Å². The van der Waals surface area contributed by atoms with Gasteiger partial charge in [-0.05, 0) is 42.4 Å². The van der Waals surface area contributed by atoms with Gasteiger partial charge in [0.15, 0.2) is 0 Å². The molecular weight excluding hydrogens is 268 g/mol. The van der Waals surface area contributed by atoms with E-state index < -0.39 is 17.8 Å². The number of hydrogen-bond acceptors (Lipinski definition) is 3. The maximum atomic E-state index is 12.5. The molecule has 1 saturated carbocycles. The van der Waals surface area contributed by atoms with Crippen LogP contribution in [-0.4, -0.2) is 22.0 Å². The average molecular weight is 286 g/mol. The van der Waals surface area contributed by atoms with Crippen LogP contribution in [0, 0.1) is 23.7 Å². The Morgan fingerprint density at radius 3 is 2.33 bits per heavy atom. The molecular formula is C16H18N2O3. The van der Waals surface area contributed by atoms with E-state index in [0.717, 1.165) is 18.4 Å².